The number of carbonyl (C=O) groups excluding carboxylic acids is 1. The van der Waals surface area contributed by atoms with Gasteiger partial charge in [0.25, 0.3) is 0 Å². The van der Waals surface area contributed by atoms with Gasteiger partial charge < -0.3 is 9.47 Å². The zero-order valence-electron chi connectivity index (χ0n) is 9.75. The summed E-state index contributed by atoms with van der Waals surface area (Å²) in [4.78, 5) is 10.6. The van der Waals surface area contributed by atoms with E-state index in [1.54, 1.807) is 6.08 Å². The molecule has 0 unspecified atom stereocenters. The quantitative estimate of drug-likeness (QED) is 0.217. The van der Waals surface area contributed by atoms with Crippen LogP contribution in [0.4, 0.5) is 0 Å². The summed E-state index contributed by atoms with van der Waals surface area (Å²) in [5.41, 5.74) is 1.05. The van der Waals surface area contributed by atoms with Crippen molar-refractivity contribution in [3.8, 4) is 11.8 Å². The van der Waals surface area contributed by atoms with E-state index < -0.39 is 5.97 Å². The summed E-state index contributed by atoms with van der Waals surface area (Å²) >= 11 is 0. The minimum atomic E-state index is -0.536. The zero-order chi connectivity index (χ0) is 12.2. The molecule has 3 nitrogen and oxygen atoms in total. The standard InChI is InChI=1S/C13H18O3/c1-4-12(2)8-5-6-10-16-11-7-9-13(14)15-3/h4H,1-2,5-6,8,10-11H2,3H3. The van der Waals surface area contributed by atoms with E-state index in [1.807, 2.05) is 0 Å². The number of carbonyl (C=O) groups is 1. The summed E-state index contributed by atoms with van der Waals surface area (Å²) < 4.78 is 9.55. The van der Waals surface area contributed by atoms with Gasteiger partial charge in [-0.1, -0.05) is 30.7 Å². The molecule has 0 spiro atoms. The molecule has 0 aliphatic rings. The van der Waals surface area contributed by atoms with Gasteiger partial charge in [-0.05, 0) is 19.3 Å². The lowest BCUT2D eigenvalue weighted by molar-refractivity contribution is -0.133. The maximum Gasteiger partial charge on any atom is 0.384 e. The van der Waals surface area contributed by atoms with Crippen molar-refractivity contribution < 1.29 is 14.3 Å². The fourth-order valence-corrected chi connectivity index (χ4v) is 0.941. The van der Waals surface area contributed by atoms with E-state index in [-0.39, 0.29) is 6.61 Å². The van der Waals surface area contributed by atoms with Gasteiger partial charge in [0.05, 0.1) is 7.11 Å². The number of hydrogen-bond donors (Lipinski definition) is 0. The number of allylic oxidation sites excluding steroid dienone is 2. The second-order valence-corrected chi connectivity index (χ2v) is 3.17. The Labute approximate surface area is 97.1 Å². The highest BCUT2D eigenvalue weighted by molar-refractivity contribution is 5.88. The van der Waals surface area contributed by atoms with Gasteiger partial charge in [-0.3, -0.25) is 0 Å². The third kappa shape index (κ3) is 9.04. The Balaban J connectivity index is 3.33. The Morgan fingerprint density at radius 3 is 2.81 bits per heavy atom. The SMILES string of the molecule is C=CC(=C)CCCCOCC#CC(=O)OC. The molecule has 0 fully saturated rings. The molecule has 88 valence electrons. The molecular weight excluding hydrogens is 204 g/mol. The van der Waals surface area contributed by atoms with Crippen LogP contribution in [0, 0.1) is 11.8 Å². The third-order valence-corrected chi connectivity index (χ3v) is 1.88. The number of unbranched alkanes of at least 4 members (excludes halogenated alkanes) is 1. The van der Waals surface area contributed by atoms with Crippen molar-refractivity contribution in [3.63, 3.8) is 0 Å². The molecule has 0 atom stereocenters. The molecule has 0 heterocycles. The number of methoxy groups -OCH3 is 1. The Kier molecular flexibility index (Phi) is 9.05. The van der Waals surface area contributed by atoms with Crippen LogP contribution in [0.25, 0.3) is 0 Å². The Bertz CT molecular complexity index is 294. The highest BCUT2D eigenvalue weighted by Crippen LogP contribution is 2.05. The van der Waals surface area contributed by atoms with Crippen molar-refractivity contribution in [1.29, 1.82) is 0 Å². The minimum Gasteiger partial charge on any atom is -0.459 e. The monoisotopic (exact) mass is 222 g/mol. The van der Waals surface area contributed by atoms with Gasteiger partial charge in [0.2, 0.25) is 0 Å². The van der Waals surface area contributed by atoms with Crippen LogP contribution in [0.3, 0.4) is 0 Å². The van der Waals surface area contributed by atoms with E-state index in [0.29, 0.717) is 6.61 Å². The van der Waals surface area contributed by atoms with Gasteiger partial charge in [-0.25, -0.2) is 4.79 Å². The number of hydrogen-bond acceptors (Lipinski definition) is 3. The Morgan fingerprint density at radius 2 is 2.19 bits per heavy atom. The lowest BCUT2D eigenvalue weighted by atomic mass is 10.1. The molecule has 0 rings (SSSR count). The van der Waals surface area contributed by atoms with Crippen molar-refractivity contribution in [2.24, 2.45) is 0 Å². The summed E-state index contributed by atoms with van der Waals surface area (Å²) in [7, 11) is 1.30. The fourth-order valence-electron chi connectivity index (χ4n) is 0.941. The van der Waals surface area contributed by atoms with Crippen molar-refractivity contribution in [3.05, 3.63) is 24.8 Å². The topological polar surface area (TPSA) is 35.5 Å². The van der Waals surface area contributed by atoms with E-state index in [1.165, 1.54) is 7.11 Å². The predicted molar refractivity (Wildman–Crippen MR) is 63.8 cm³/mol. The van der Waals surface area contributed by atoms with Gasteiger partial charge in [-0.2, -0.15) is 0 Å². The average Bonchev–Trinajstić information content (AvgIpc) is 2.31. The van der Waals surface area contributed by atoms with E-state index in [2.05, 4.69) is 29.7 Å². The molecule has 0 aromatic carbocycles. The maximum atomic E-state index is 10.6. The van der Waals surface area contributed by atoms with Gasteiger partial charge in [0, 0.05) is 12.5 Å². The molecule has 0 radical (unpaired) electrons. The first kappa shape index (κ1) is 14.5. The molecular formula is C13H18O3. The van der Waals surface area contributed by atoms with Gasteiger partial charge >= 0.3 is 5.97 Å². The highest BCUT2D eigenvalue weighted by Gasteiger charge is 1.91. The van der Waals surface area contributed by atoms with Crippen LogP contribution < -0.4 is 0 Å². The van der Waals surface area contributed by atoms with Crippen molar-refractivity contribution in [2.75, 3.05) is 20.3 Å². The summed E-state index contributed by atoms with van der Waals surface area (Å²) in [6.07, 6.45) is 4.69. The lowest BCUT2D eigenvalue weighted by Gasteiger charge is -2.00. The van der Waals surface area contributed by atoms with Crippen molar-refractivity contribution in [1.82, 2.24) is 0 Å². The fraction of sp³-hybridized carbons (Fsp3) is 0.462. The van der Waals surface area contributed by atoms with Crippen LogP contribution in [-0.2, 0) is 14.3 Å². The molecule has 0 bridgehead atoms. The van der Waals surface area contributed by atoms with Crippen molar-refractivity contribution >= 4 is 5.97 Å². The van der Waals surface area contributed by atoms with E-state index in [0.717, 1.165) is 24.8 Å². The zero-order valence-corrected chi connectivity index (χ0v) is 9.75. The number of esters is 1. The van der Waals surface area contributed by atoms with E-state index >= 15 is 0 Å². The molecule has 0 aliphatic heterocycles. The number of rotatable bonds is 7. The highest BCUT2D eigenvalue weighted by atomic mass is 16.5. The molecule has 3 heteroatoms. The normalized spacial score (nSPS) is 8.81. The van der Waals surface area contributed by atoms with Gasteiger partial charge in [-0.15, -0.1) is 0 Å². The second-order valence-electron chi connectivity index (χ2n) is 3.17. The first-order valence-corrected chi connectivity index (χ1v) is 5.15. The van der Waals surface area contributed by atoms with Crippen LogP contribution in [-0.4, -0.2) is 26.3 Å². The number of ether oxygens (including phenoxy) is 2. The van der Waals surface area contributed by atoms with Gasteiger partial charge in [0.1, 0.15) is 6.61 Å². The van der Waals surface area contributed by atoms with Crippen LogP contribution >= 0.6 is 0 Å². The van der Waals surface area contributed by atoms with E-state index in [9.17, 15) is 4.79 Å². The summed E-state index contributed by atoms with van der Waals surface area (Å²) in [5.74, 6) is 4.32. The summed E-state index contributed by atoms with van der Waals surface area (Å²) in [5, 5.41) is 0. The molecule has 0 aromatic heterocycles. The Hall–Kier alpha value is -1.53. The minimum absolute atomic E-state index is 0.261. The molecule has 0 saturated carbocycles. The Morgan fingerprint density at radius 1 is 1.44 bits per heavy atom. The van der Waals surface area contributed by atoms with Crippen LogP contribution in [0.2, 0.25) is 0 Å². The maximum absolute atomic E-state index is 10.6. The van der Waals surface area contributed by atoms with Crippen LogP contribution in [0.5, 0.6) is 0 Å². The van der Waals surface area contributed by atoms with Gasteiger partial charge in [0.15, 0.2) is 0 Å². The van der Waals surface area contributed by atoms with E-state index in [4.69, 9.17) is 4.74 Å². The van der Waals surface area contributed by atoms with Crippen LogP contribution in [0.15, 0.2) is 24.8 Å². The summed E-state index contributed by atoms with van der Waals surface area (Å²) in [6, 6.07) is 0. The molecule has 0 saturated heterocycles. The molecule has 0 amide bonds. The smallest absolute Gasteiger partial charge is 0.384 e. The lowest BCUT2D eigenvalue weighted by Crippen LogP contribution is -1.98. The second kappa shape index (κ2) is 10.0. The first-order valence-electron chi connectivity index (χ1n) is 5.15. The summed E-state index contributed by atoms with van der Waals surface area (Å²) in [6.45, 7) is 8.35. The molecule has 0 aromatic rings. The largest absolute Gasteiger partial charge is 0.459 e. The predicted octanol–water partition coefficient (Wildman–Crippen LogP) is 2.09. The molecule has 0 N–H and O–H groups in total. The average molecular weight is 222 g/mol. The first-order chi connectivity index (χ1) is 7.70. The molecule has 0 aliphatic carbocycles. The van der Waals surface area contributed by atoms with Crippen LogP contribution in [0.1, 0.15) is 19.3 Å². The molecule has 16 heavy (non-hydrogen) atoms. The third-order valence-electron chi connectivity index (χ3n) is 1.88. The van der Waals surface area contributed by atoms with Crippen molar-refractivity contribution in [2.45, 2.75) is 19.3 Å².